The van der Waals surface area contributed by atoms with Crippen molar-refractivity contribution in [2.45, 2.75) is 31.6 Å². The van der Waals surface area contributed by atoms with Gasteiger partial charge in [-0.3, -0.25) is 9.59 Å². The summed E-state index contributed by atoms with van der Waals surface area (Å²) in [4.78, 5) is 24.8. The van der Waals surface area contributed by atoms with E-state index in [1.165, 1.54) is 11.1 Å². The number of fused-ring (bicyclic) bond motifs is 1. The molecular weight excluding hydrogens is 374 g/mol. The van der Waals surface area contributed by atoms with Gasteiger partial charge in [-0.05, 0) is 53.6 Å². The lowest BCUT2D eigenvalue weighted by Gasteiger charge is -2.17. The SMILES string of the molecule is O=C(COC(=O)CC(c1ccccc1)c1ccccc1)Nc1ccc2c(c1)CCC2. The number of amides is 1. The van der Waals surface area contributed by atoms with E-state index >= 15 is 0 Å². The molecule has 152 valence electrons. The third-order valence-corrected chi connectivity index (χ3v) is 5.52. The normalized spacial score (nSPS) is 12.4. The van der Waals surface area contributed by atoms with E-state index in [-0.39, 0.29) is 24.9 Å². The number of rotatable bonds is 7. The Hall–Kier alpha value is -3.40. The molecule has 4 rings (SSSR count). The van der Waals surface area contributed by atoms with E-state index in [4.69, 9.17) is 4.74 Å². The Labute approximate surface area is 176 Å². The van der Waals surface area contributed by atoms with Crippen LogP contribution >= 0.6 is 0 Å². The highest BCUT2D eigenvalue weighted by molar-refractivity contribution is 5.93. The van der Waals surface area contributed by atoms with Crippen LogP contribution in [0.4, 0.5) is 5.69 Å². The molecule has 3 aromatic rings. The Bertz CT molecular complexity index is 975. The second-order valence-electron chi connectivity index (χ2n) is 7.62. The van der Waals surface area contributed by atoms with Crippen LogP contribution in [0.3, 0.4) is 0 Å². The Balaban J connectivity index is 1.35. The Morgan fingerprint density at radius 3 is 2.13 bits per heavy atom. The number of ether oxygens (including phenoxy) is 1. The van der Waals surface area contributed by atoms with Crippen molar-refractivity contribution in [3.8, 4) is 0 Å². The first-order valence-corrected chi connectivity index (χ1v) is 10.4. The van der Waals surface area contributed by atoms with E-state index in [1.54, 1.807) is 0 Å². The summed E-state index contributed by atoms with van der Waals surface area (Å²) in [5.41, 5.74) is 5.49. The van der Waals surface area contributed by atoms with Gasteiger partial charge in [0, 0.05) is 11.6 Å². The molecule has 30 heavy (non-hydrogen) atoms. The van der Waals surface area contributed by atoms with Crippen molar-refractivity contribution in [1.29, 1.82) is 0 Å². The number of nitrogens with one attached hydrogen (secondary N) is 1. The Kier molecular flexibility index (Phi) is 6.23. The number of anilines is 1. The largest absolute Gasteiger partial charge is 0.456 e. The van der Waals surface area contributed by atoms with Gasteiger partial charge < -0.3 is 10.1 Å². The third-order valence-electron chi connectivity index (χ3n) is 5.52. The number of esters is 1. The molecule has 0 bridgehead atoms. The van der Waals surface area contributed by atoms with Crippen LogP contribution < -0.4 is 5.32 Å². The summed E-state index contributed by atoms with van der Waals surface area (Å²) in [5.74, 6) is -0.825. The molecular formula is C26H25NO3. The minimum Gasteiger partial charge on any atom is -0.456 e. The standard InChI is InChI=1S/C26H25NO3/c28-25(27-23-15-14-19-12-7-13-22(19)16-23)18-30-26(29)17-24(20-8-3-1-4-9-20)21-10-5-2-6-11-21/h1-6,8-11,14-16,24H,7,12-13,17-18H2,(H,27,28). The summed E-state index contributed by atoms with van der Waals surface area (Å²) >= 11 is 0. The average molecular weight is 399 g/mol. The molecule has 4 heteroatoms. The predicted molar refractivity (Wildman–Crippen MR) is 117 cm³/mol. The van der Waals surface area contributed by atoms with Gasteiger partial charge in [-0.1, -0.05) is 66.7 Å². The molecule has 1 N–H and O–H groups in total. The van der Waals surface area contributed by atoms with E-state index in [9.17, 15) is 9.59 Å². The van der Waals surface area contributed by atoms with Gasteiger partial charge in [0.2, 0.25) is 0 Å². The summed E-state index contributed by atoms with van der Waals surface area (Å²) in [6.07, 6.45) is 3.49. The Morgan fingerprint density at radius 1 is 0.833 bits per heavy atom. The van der Waals surface area contributed by atoms with Crippen molar-refractivity contribution in [3.05, 3.63) is 101 Å². The highest BCUT2D eigenvalue weighted by atomic mass is 16.5. The van der Waals surface area contributed by atoms with Crippen LogP contribution in [0.5, 0.6) is 0 Å². The van der Waals surface area contributed by atoms with Crippen LogP contribution in [-0.2, 0) is 27.2 Å². The van der Waals surface area contributed by atoms with Crippen molar-refractivity contribution < 1.29 is 14.3 Å². The molecule has 0 unspecified atom stereocenters. The number of carbonyl (C=O) groups excluding carboxylic acids is 2. The van der Waals surface area contributed by atoms with E-state index in [0.29, 0.717) is 0 Å². The molecule has 0 aromatic heterocycles. The van der Waals surface area contributed by atoms with Crippen molar-refractivity contribution in [1.82, 2.24) is 0 Å². The Morgan fingerprint density at radius 2 is 1.47 bits per heavy atom. The summed E-state index contributed by atoms with van der Waals surface area (Å²) in [7, 11) is 0. The van der Waals surface area contributed by atoms with Crippen LogP contribution in [0, 0.1) is 0 Å². The fourth-order valence-electron chi connectivity index (χ4n) is 4.02. The van der Waals surface area contributed by atoms with Crippen LogP contribution in [0.25, 0.3) is 0 Å². The van der Waals surface area contributed by atoms with Gasteiger partial charge >= 0.3 is 5.97 Å². The lowest BCUT2D eigenvalue weighted by atomic mass is 9.89. The molecule has 0 heterocycles. The summed E-state index contributed by atoms with van der Waals surface area (Å²) in [6, 6.07) is 25.7. The molecule has 0 saturated heterocycles. The smallest absolute Gasteiger partial charge is 0.307 e. The van der Waals surface area contributed by atoms with Gasteiger partial charge in [-0.25, -0.2) is 0 Å². The molecule has 1 aliphatic carbocycles. The molecule has 1 amide bonds. The molecule has 4 nitrogen and oxygen atoms in total. The average Bonchev–Trinajstić information content (AvgIpc) is 3.25. The molecule has 0 spiro atoms. The molecule has 0 saturated carbocycles. The molecule has 1 aliphatic rings. The van der Waals surface area contributed by atoms with Crippen molar-refractivity contribution in [2.75, 3.05) is 11.9 Å². The van der Waals surface area contributed by atoms with Crippen molar-refractivity contribution >= 4 is 17.6 Å². The zero-order valence-electron chi connectivity index (χ0n) is 16.8. The lowest BCUT2D eigenvalue weighted by Crippen LogP contribution is -2.22. The van der Waals surface area contributed by atoms with E-state index in [1.807, 2.05) is 72.8 Å². The van der Waals surface area contributed by atoms with Gasteiger partial charge in [0.05, 0.1) is 6.42 Å². The molecule has 0 fully saturated rings. The fraction of sp³-hybridized carbons (Fsp3) is 0.231. The topological polar surface area (TPSA) is 55.4 Å². The van der Waals surface area contributed by atoms with E-state index < -0.39 is 5.97 Å². The van der Waals surface area contributed by atoms with Crippen molar-refractivity contribution in [3.63, 3.8) is 0 Å². The first-order chi connectivity index (χ1) is 14.7. The summed E-state index contributed by atoms with van der Waals surface area (Å²) in [6.45, 7) is -0.285. The van der Waals surface area contributed by atoms with Crippen molar-refractivity contribution in [2.24, 2.45) is 0 Å². The highest BCUT2D eigenvalue weighted by Crippen LogP contribution is 2.28. The molecule has 0 radical (unpaired) electrons. The van der Waals surface area contributed by atoms with Gasteiger partial charge in [0.25, 0.3) is 5.91 Å². The summed E-state index contributed by atoms with van der Waals surface area (Å²) in [5, 5.41) is 2.83. The monoisotopic (exact) mass is 399 g/mol. The highest BCUT2D eigenvalue weighted by Gasteiger charge is 2.20. The van der Waals surface area contributed by atoms with Crippen LogP contribution in [0.2, 0.25) is 0 Å². The van der Waals surface area contributed by atoms with Crippen LogP contribution in [-0.4, -0.2) is 18.5 Å². The third kappa shape index (κ3) is 4.95. The lowest BCUT2D eigenvalue weighted by molar-refractivity contribution is -0.147. The van der Waals surface area contributed by atoms with Crippen LogP contribution in [0.15, 0.2) is 78.9 Å². The number of benzene rings is 3. The molecule has 3 aromatic carbocycles. The fourth-order valence-corrected chi connectivity index (χ4v) is 4.02. The maximum atomic E-state index is 12.5. The second-order valence-corrected chi connectivity index (χ2v) is 7.62. The molecule has 0 aliphatic heterocycles. The number of aryl methyl sites for hydroxylation is 2. The van der Waals surface area contributed by atoms with Gasteiger partial charge in [0.15, 0.2) is 6.61 Å². The first kappa shape index (κ1) is 19.9. The van der Waals surface area contributed by atoms with Crippen LogP contribution in [0.1, 0.15) is 41.0 Å². The van der Waals surface area contributed by atoms with Gasteiger partial charge in [-0.15, -0.1) is 0 Å². The maximum Gasteiger partial charge on any atom is 0.307 e. The quantitative estimate of drug-likeness (QED) is 0.576. The second kappa shape index (κ2) is 9.40. The zero-order valence-corrected chi connectivity index (χ0v) is 16.8. The van der Waals surface area contributed by atoms with Gasteiger partial charge in [0.1, 0.15) is 0 Å². The maximum absolute atomic E-state index is 12.5. The molecule has 0 atom stereocenters. The van der Waals surface area contributed by atoms with E-state index in [0.717, 1.165) is 36.1 Å². The van der Waals surface area contributed by atoms with E-state index in [2.05, 4.69) is 11.4 Å². The van der Waals surface area contributed by atoms with Gasteiger partial charge in [-0.2, -0.15) is 0 Å². The number of carbonyl (C=O) groups is 2. The first-order valence-electron chi connectivity index (χ1n) is 10.4. The summed E-state index contributed by atoms with van der Waals surface area (Å²) < 4.78 is 5.29. The zero-order chi connectivity index (χ0) is 20.8. The minimum atomic E-state index is -0.392. The minimum absolute atomic E-state index is 0.111. The number of hydrogen-bond acceptors (Lipinski definition) is 3. The predicted octanol–water partition coefficient (Wildman–Crippen LogP) is 4.88. The number of hydrogen-bond donors (Lipinski definition) is 1.